The number of fused-ring (bicyclic) bond motifs is 1. The third-order valence-electron chi connectivity index (χ3n) is 5.30. The molecule has 0 saturated heterocycles. The maximum Gasteiger partial charge on any atom is 0.261 e. The highest BCUT2D eigenvalue weighted by molar-refractivity contribution is 7.85. The fourth-order valence-electron chi connectivity index (χ4n) is 3.74. The van der Waals surface area contributed by atoms with Crippen molar-refractivity contribution >= 4 is 42.8 Å². The molecule has 2 aromatic carbocycles. The fourth-order valence-corrected chi connectivity index (χ4v) is 3.74. The van der Waals surface area contributed by atoms with Crippen LogP contribution in [0.1, 0.15) is 11.4 Å². The van der Waals surface area contributed by atoms with Gasteiger partial charge < -0.3 is 14.5 Å². The predicted molar refractivity (Wildman–Crippen MR) is 155 cm³/mol. The molecule has 0 saturated carbocycles. The Morgan fingerprint density at radius 3 is 1.98 bits per heavy atom. The molecule has 0 unspecified atom stereocenters. The number of hydrogen-bond acceptors (Lipinski definition) is 8. The van der Waals surface area contributed by atoms with Crippen LogP contribution in [0.2, 0.25) is 0 Å². The van der Waals surface area contributed by atoms with Gasteiger partial charge in [0.2, 0.25) is 0 Å². The van der Waals surface area contributed by atoms with E-state index in [-0.39, 0.29) is 11.6 Å². The molecule has 0 aliphatic rings. The average molecular weight is 623 g/mol. The van der Waals surface area contributed by atoms with Crippen molar-refractivity contribution in [2.75, 3.05) is 17.8 Å². The van der Waals surface area contributed by atoms with Gasteiger partial charge in [-0.05, 0) is 62.4 Å². The molecule has 0 amide bonds. The third kappa shape index (κ3) is 9.41. The number of nitrogens with one attached hydrogen (secondary N) is 1. The average Bonchev–Trinajstić information content (AvgIpc) is 3.41. The fraction of sp³-hybridized carbons (Fsp3) is 0.192. The van der Waals surface area contributed by atoms with Crippen molar-refractivity contribution in [3.8, 4) is 17.1 Å². The molecule has 5 aromatic rings. The first kappa shape index (κ1) is 32.3. The number of aromatic nitrogens is 5. The van der Waals surface area contributed by atoms with Crippen LogP contribution in [0.4, 0.5) is 20.3 Å². The van der Waals surface area contributed by atoms with E-state index in [9.17, 15) is 25.6 Å². The maximum absolute atomic E-state index is 14.8. The van der Waals surface area contributed by atoms with Crippen molar-refractivity contribution in [3.05, 3.63) is 84.1 Å². The van der Waals surface area contributed by atoms with E-state index in [2.05, 4.69) is 15.3 Å². The van der Waals surface area contributed by atoms with Gasteiger partial charge in [-0.3, -0.25) is 9.11 Å². The summed E-state index contributed by atoms with van der Waals surface area (Å²) in [7, 11) is -5.43. The first-order chi connectivity index (χ1) is 19.4. The van der Waals surface area contributed by atoms with Crippen LogP contribution >= 0.6 is 0 Å². The van der Waals surface area contributed by atoms with E-state index in [1.165, 1.54) is 18.2 Å². The number of anilines is 2. The summed E-state index contributed by atoms with van der Waals surface area (Å²) in [6, 6.07) is 13.0. The third-order valence-corrected chi connectivity index (χ3v) is 5.30. The first-order valence-electron chi connectivity index (χ1n) is 11.9. The number of halogens is 2. The Labute approximate surface area is 241 Å². The van der Waals surface area contributed by atoms with Gasteiger partial charge >= 0.3 is 0 Å². The summed E-state index contributed by atoms with van der Waals surface area (Å²) in [5, 5.41) is 3.20. The number of imidazole rings is 2. The van der Waals surface area contributed by atoms with Gasteiger partial charge in [0.1, 0.15) is 23.0 Å². The second-order valence-electron chi connectivity index (χ2n) is 9.16. The van der Waals surface area contributed by atoms with E-state index in [0.717, 1.165) is 22.5 Å². The summed E-state index contributed by atoms with van der Waals surface area (Å²) in [5.41, 5.74) is 4.87. The smallest absolute Gasteiger partial charge is 0.261 e. The van der Waals surface area contributed by atoms with Gasteiger partial charge in [0, 0.05) is 30.2 Å². The van der Waals surface area contributed by atoms with Crippen LogP contribution in [-0.4, -0.2) is 62.5 Å². The molecule has 12 nitrogen and oxygen atoms in total. The number of benzene rings is 2. The first-order valence-corrected chi connectivity index (χ1v) is 15.6. The zero-order valence-electron chi connectivity index (χ0n) is 23.1. The molecule has 3 N–H and O–H groups in total. The van der Waals surface area contributed by atoms with E-state index < -0.39 is 20.2 Å². The minimum Gasteiger partial charge on any atom is -0.338 e. The summed E-state index contributed by atoms with van der Waals surface area (Å²) in [6.45, 7) is 3.74. The highest BCUT2D eigenvalue weighted by Gasteiger charge is 2.16. The summed E-state index contributed by atoms with van der Waals surface area (Å²) in [4.78, 5) is 13.5. The Hall–Kier alpha value is -4.25. The van der Waals surface area contributed by atoms with Gasteiger partial charge in [0.05, 0.1) is 35.7 Å². The molecule has 5 rings (SSSR count). The van der Waals surface area contributed by atoms with Crippen molar-refractivity contribution in [1.29, 1.82) is 0 Å². The van der Waals surface area contributed by atoms with Gasteiger partial charge in [-0.15, -0.1) is 0 Å². The van der Waals surface area contributed by atoms with Crippen LogP contribution in [0.15, 0.2) is 61.1 Å². The van der Waals surface area contributed by atoms with Crippen LogP contribution in [0.5, 0.6) is 0 Å². The van der Waals surface area contributed by atoms with E-state index in [4.69, 9.17) is 14.1 Å². The molecule has 0 fully saturated rings. The molecule has 224 valence electrons. The predicted octanol–water partition coefficient (Wildman–Crippen LogP) is 4.47. The minimum absolute atomic E-state index is 0.302. The Morgan fingerprint density at radius 1 is 0.857 bits per heavy atom. The highest BCUT2D eigenvalue weighted by Crippen LogP contribution is 2.30. The molecular formula is C26H28F2N6O6S2. The number of hydrogen-bond donors (Lipinski definition) is 3. The lowest BCUT2D eigenvalue weighted by molar-refractivity contribution is 0.488. The lowest BCUT2D eigenvalue weighted by Gasteiger charge is -2.10. The zero-order chi connectivity index (χ0) is 31.4. The molecule has 16 heteroatoms. The van der Waals surface area contributed by atoms with Crippen LogP contribution < -0.4 is 5.32 Å². The van der Waals surface area contributed by atoms with Crippen LogP contribution in [-0.2, 0) is 27.3 Å². The van der Waals surface area contributed by atoms with E-state index >= 15 is 0 Å². The molecule has 42 heavy (non-hydrogen) atoms. The minimum atomic E-state index is -3.67. The second-order valence-corrected chi connectivity index (χ2v) is 12.1. The molecule has 0 radical (unpaired) electrons. The zero-order valence-corrected chi connectivity index (χ0v) is 24.7. The monoisotopic (exact) mass is 622 g/mol. The van der Waals surface area contributed by atoms with Crippen LogP contribution in [0.25, 0.3) is 28.1 Å². The van der Waals surface area contributed by atoms with Crippen molar-refractivity contribution in [2.24, 2.45) is 7.05 Å². The van der Waals surface area contributed by atoms with Gasteiger partial charge in [-0.1, -0.05) is 0 Å². The summed E-state index contributed by atoms with van der Waals surface area (Å²) in [6.07, 6.45) is 4.78. The summed E-state index contributed by atoms with van der Waals surface area (Å²) < 4.78 is 83.5. The molecule has 3 aromatic heterocycles. The molecule has 0 aliphatic heterocycles. The molecule has 0 aliphatic carbocycles. The number of nitrogens with zero attached hydrogens (tertiary/aromatic N) is 5. The quantitative estimate of drug-likeness (QED) is 0.243. The van der Waals surface area contributed by atoms with Crippen molar-refractivity contribution in [2.45, 2.75) is 13.8 Å². The Balaban J connectivity index is 0.000000420. The summed E-state index contributed by atoms with van der Waals surface area (Å²) in [5.74, 6) is 0.523. The Morgan fingerprint density at radius 2 is 1.45 bits per heavy atom. The highest BCUT2D eigenvalue weighted by atomic mass is 32.2. The van der Waals surface area contributed by atoms with Crippen molar-refractivity contribution in [3.63, 3.8) is 0 Å². The van der Waals surface area contributed by atoms with Gasteiger partial charge in [0.15, 0.2) is 5.82 Å². The SMILES string of the molecule is CS(=O)(=O)O.CS(=O)(=O)O.Cc1cn(-c2ccc(Nc3nc(C)cc4c3nc(-c3ccc(F)cc3)n4C)cc2F)cn1. The normalized spacial score (nSPS) is 11.4. The maximum atomic E-state index is 14.8. The van der Waals surface area contributed by atoms with Gasteiger partial charge in [-0.25, -0.2) is 23.7 Å². The Kier molecular flexibility index (Phi) is 9.78. The van der Waals surface area contributed by atoms with E-state index in [1.807, 2.05) is 31.5 Å². The van der Waals surface area contributed by atoms with Crippen LogP contribution in [0, 0.1) is 25.5 Å². The number of rotatable bonds is 4. The number of pyridine rings is 1. The molecule has 3 heterocycles. The lowest BCUT2D eigenvalue weighted by atomic mass is 10.2. The summed E-state index contributed by atoms with van der Waals surface area (Å²) >= 11 is 0. The van der Waals surface area contributed by atoms with Crippen molar-refractivity contribution < 1.29 is 34.7 Å². The van der Waals surface area contributed by atoms with E-state index in [0.29, 0.717) is 41.0 Å². The standard InChI is InChI=1S/C24H20F2N6.2CH4O3S/c1-14-10-21-22(30-24(31(21)3)16-4-6-17(25)7-5-16)23(28-14)29-18-8-9-20(19(26)11-18)32-12-15(2)27-13-32;2*1-5(2,3)4/h4-13H,1-3H3,(H,28,29);2*1H3,(H,2,3,4). The van der Waals surface area contributed by atoms with Crippen molar-refractivity contribution in [1.82, 2.24) is 24.1 Å². The molecular weight excluding hydrogens is 594 g/mol. The molecule has 0 spiro atoms. The second kappa shape index (κ2) is 12.7. The van der Waals surface area contributed by atoms with Gasteiger partial charge in [0.25, 0.3) is 20.2 Å². The number of aryl methyl sites for hydroxylation is 3. The van der Waals surface area contributed by atoms with Crippen LogP contribution in [0.3, 0.4) is 0 Å². The van der Waals surface area contributed by atoms with Gasteiger partial charge in [-0.2, -0.15) is 16.8 Å². The van der Waals surface area contributed by atoms with E-state index in [1.54, 1.807) is 41.4 Å². The Bertz CT molecular complexity index is 1890. The lowest BCUT2D eigenvalue weighted by Crippen LogP contribution is -2.00. The molecule has 0 bridgehead atoms. The largest absolute Gasteiger partial charge is 0.338 e. The topological polar surface area (TPSA) is 169 Å². The molecule has 0 atom stereocenters.